The zero-order chi connectivity index (χ0) is 17.6. The molecular formula is C19H27N3O3. The molecule has 2 aliphatic rings. The summed E-state index contributed by atoms with van der Waals surface area (Å²) in [5.41, 5.74) is 0.755. The molecule has 6 nitrogen and oxygen atoms in total. The highest BCUT2D eigenvalue weighted by atomic mass is 16.5. The molecule has 2 heterocycles. The Morgan fingerprint density at radius 1 is 1.20 bits per heavy atom. The molecule has 0 unspecified atom stereocenters. The molecule has 2 fully saturated rings. The number of carbonyl (C=O) groups excluding carboxylic acids is 2. The molecule has 136 valence electrons. The second-order valence-electron chi connectivity index (χ2n) is 6.93. The molecule has 25 heavy (non-hydrogen) atoms. The lowest BCUT2D eigenvalue weighted by Crippen LogP contribution is -2.44. The van der Waals surface area contributed by atoms with Gasteiger partial charge in [0.15, 0.2) is 0 Å². The van der Waals surface area contributed by atoms with Crippen LogP contribution in [0.1, 0.15) is 44.2 Å². The van der Waals surface area contributed by atoms with Crippen molar-refractivity contribution in [3.05, 3.63) is 24.0 Å². The van der Waals surface area contributed by atoms with Crippen LogP contribution in [0.3, 0.4) is 0 Å². The molecule has 1 aromatic heterocycles. The predicted octanol–water partition coefficient (Wildman–Crippen LogP) is 2.14. The number of methoxy groups -OCH3 is 1. The van der Waals surface area contributed by atoms with Crippen molar-refractivity contribution in [3.63, 3.8) is 0 Å². The Kier molecular flexibility index (Phi) is 5.89. The van der Waals surface area contributed by atoms with Crippen molar-refractivity contribution in [1.29, 1.82) is 0 Å². The largest absolute Gasteiger partial charge is 0.497 e. The lowest BCUT2D eigenvalue weighted by molar-refractivity contribution is -0.142. The molecule has 1 aliphatic carbocycles. The maximum Gasteiger partial charge on any atom is 0.226 e. The summed E-state index contributed by atoms with van der Waals surface area (Å²) in [6.45, 7) is 2.05. The van der Waals surface area contributed by atoms with E-state index < -0.39 is 0 Å². The molecule has 2 amide bonds. The van der Waals surface area contributed by atoms with Gasteiger partial charge in [0.05, 0.1) is 19.3 Å². The van der Waals surface area contributed by atoms with Crippen LogP contribution < -0.4 is 10.1 Å². The van der Waals surface area contributed by atoms with Crippen LogP contribution in [0.2, 0.25) is 0 Å². The fraction of sp³-hybridized carbons (Fsp3) is 0.632. The van der Waals surface area contributed by atoms with Crippen LogP contribution in [0.15, 0.2) is 18.3 Å². The Labute approximate surface area is 148 Å². The zero-order valence-corrected chi connectivity index (χ0v) is 14.9. The topological polar surface area (TPSA) is 71.5 Å². The van der Waals surface area contributed by atoms with E-state index in [-0.39, 0.29) is 23.7 Å². The van der Waals surface area contributed by atoms with Crippen molar-refractivity contribution in [1.82, 2.24) is 15.2 Å². The van der Waals surface area contributed by atoms with Crippen molar-refractivity contribution in [2.24, 2.45) is 11.8 Å². The molecule has 1 N–H and O–H groups in total. The van der Waals surface area contributed by atoms with Gasteiger partial charge >= 0.3 is 0 Å². The van der Waals surface area contributed by atoms with Gasteiger partial charge in [0.25, 0.3) is 0 Å². The molecule has 0 spiro atoms. The van der Waals surface area contributed by atoms with Crippen LogP contribution >= 0.6 is 0 Å². The fourth-order valence-electron chi connectivity index (χ4n) is 3.90. The van der Waals surface area contributed by atoms with Crippen LogP contribution in [-0.4, -0.2) is 41.9 Å². The Morgan fingerprint density at radius 3 is 2.64 bits per heavy atom. The highest BCUT2D eigenvalue weighted by Crippen LogP contribution is 2.32. The summed E-state index contributed by atoms with van der Waals surface area (Å²) in [5.74, 6) is 0.496. The SMILES string of the molecule is COc1ccnc(CNC(=O)[C@H]2CCCC[C@H]2C(=O)N2CCCC2)c1. The summed E-state index contributed by atoms with van der Waals surface area (Å²) >= 11 is 0. The van der Waals surface area contributed by atoms with E-state index in [4.69, 9.17) is 4.74 Å². The van der Waals surface area contributed by atoms with Crippen molar-refractivity contribution < 1.29 is 14.3 Å². The summed E-state index contributed by atoms with van der Waals surface area (Å²) in [7, 11) is 1.61. The van der Waals surface area contributed by atoms with Crippen LogP contribution in [0.4, 0.5) is 0 Å². The summed E-state index contributed by atoms with van der Waals surface area (Å²) in [4.78, 5) is 31.7. The smallest absolute Gasteiger partial charge is 0.226 e. The summed E-state index contributed by atoms with van der Waals surface area (Å²) in [6, 6.07) is 3.59. The van der Waals surface area contributed by atoms with E-state index >= 15 is 0 Å². The second kappa shape index (κ2) is 8.32. The highest BCUT2D eigenvalue weighted by Gasteiger charge is 2.38. The monoisotopic (exact) mass is 345 g/mol. The summed E-state index contributed by atoms with van der Waals surface area (Å²) in [6.07, 6.45) is 7.49. The molecule has 0 bridgehead atoms. The minimum Gasteiger partial charge on any atom is -0.497 e. The van der Waals surface area contributed by atoms with Gasteiger partial charge < -0.3 is 15.0 Å². The van der Waals surface area contributed by atoms with Gasteiger partial charge in [0, 0.05) is 37.2 Å². The minimum atomic E-state index is -0.215. The van der Waals surface area contributed by atoms with Crippen molar-refractivity contribution in [2.75, 3.05) is 20.2 Å². The van der Waals surface area contributed by atoms with Crippen LogP contribution in [0.25, 0.3) is 0 Å². The van der Waals surface area contributed by atoms with E-state index in [9.17, 15) is 9.59 Å². The number of ether oxygens (including phenoxy) is 1. The van der Waals surface area contributed by atoms with Gasteiger partial charge in [-0.25, -0.2) is 0 Å². The number of hydrogen-bond acceptors (Lipinski definition) is 4. The minimum absolute atomic E-state index is 0.0260. The van der Waals surface area contributed by atoms with Gasteiger partial charge in [-0.2, -0.15) is 0 Å². The molecule has 1 aliphatic heterocycles. The van der Waals surface area contributed by atoms with Crippen LogP contribution in [-0.2, 0) is 16.1 Å². The molecule has 3 rings (SSSR count). The van der Waals surface area contributed by atoms with E-state index in [1.807, 2.05) is 11.0 Å². The normalized spacial score (nSPS) is 23.3. The number of nitrogens with zero attached hydrogens (tertiary/aromatic N) is 2. The Morgan fingerprint density at radius 2 is 1.92 bits per heavy atom. The highest BCUT2D eigenvalue weighted by molar-refractivity contribution is 5.88. The third kappa shape index (κ3) is 4.30. The number of aromatic nitrogens is 1. The van der Waals surface area contributed by atoms with Gasteiger partial charge in [-0.15, -0.1) is 0 Å². The fourth-order valence-corrected chi connectivity index (χ4v) is 3.90. The third-order valence-corrected chi connectivity index (χ3v) is 5.31. The first-order chi connectivity index (χ1) is 12.2. The van der Waals surface area contributed by atoms with Gasteiger partial charge in [-0.1, -0.05) is 12.8 Å². The molecule has 1 saturated heterocycles. The summed E-state index contributed by atoms with van der Waals surface area (Å²) in [5, 5.41) is 2.97. The number of nitrogens with one attached hydrogen (secondary N) is 1. The lowest BCUT2D eigenvalue weighted by Gasteiger charge is -2.32. The number of hydrogen-bond donors (Lipinski definition) is 1. The number of amides is 2. The zero-order valence-electron chi connectivity index (χ0n) is 14.9. The molecule has 1 saturated carbocycles. The molecule has 2 atom stereocenters. The van der Waals surface area contributed by atoms with Crippen LogP contribution in [0.5, 0.6) is 5.75 Å². The number of carbonyl (C=O) groups is 2. The number of likely N-dealkylation sites (tertiary alicyclic amines) is 1. The van der Waals surface area contributed by atoms with Crippen molar-refractivity contribution in [2.45, 2.75) is 45.1 Å². The first-order valence-electron chi connectivity index (χ1n) is 9.24. The molecule has 1 aromatic rings. The average molecular weight is 345 g/mol. The molecule has 6 heteroatoms. The Hall–Kier alpha value is -2.11. The van der Waals surface area contributed by atoms with Crippen molar-refractivity contribution in [3.8, 4) is 5.75 Å². The standard InChI is InChI=1S/C19H27N3O3/c1-25-15-8-9-20-14(12-15)13-21-18(23)16-6-2-3-7-17(16)19(24)22-10-4-5-11-22/h8-9,12,16-17H,2-7,10-11,13H2,1H3,(H,21,23)/t16-,17+/m0/s1. The lowest BCUT2D eigenvalue weighted by atomic mass is 9.78. The maximum absolute atomic E-state index is 12.8. The van der Waals surface area contributed by atoms with Gasteiger partial charge in [0.1, 0.15) is 5.75 Å². The quantitative estimate of drug-likeness (QED) is 0.887. The van der Waals surface area contributed by atoms with E-state index in [1.165, 1.54) is 0 Å². The Bertz CT molecular complexity index is 614. The van der Waals surface area contributed by atoms with Crippen molar-refractivity contribution >= 4 is 11.8 Å². The molecular weight excluding hydrogens is 318 g/mol. The van der Waals surface area contributed by atoms with E-state index in [0.717, 1.165) is 63.1 Å². The number of pyridine rings is 1. The van der Waals surface area contributed by atoms with E-state index in [2.05, 4.69) is 10.3 Å². The van der Waals surface area contributed by atoms with Gasteiger partial charge in [-0.3, -0.25) is 14.6 Å². The maximum atomic E-state index is 12.8. The van der Waals surface area contributed by atoms with E-state index in [1.54, 1.807) is 19.4 Å². The molecule has 0 radical (unpaired) electrons. The van der Waals surface area contributed by atoms with Gasteiger partial charge in [-0.05, 0) is 31.7 Å². The summed E-state index contributed by atoms with van der Waals surface area (Å²) < 4.78 is 5.18. The van der Waals surface area contributed by atoms with Gasteiger partial charge in [0.2, 0.25) is 11.8 Å². The van der Waals surface area contributed by atoms with E-state index in [0.29, 0.717) is 6.54 Å². The average Bonchev–Trinajstić information content (AvgIpc) is 3.20. The third-order valence-electron chi connectivity index (χ3n) is 5.31. The van der Waals surface area contributed by atoms with Crippen LogP contribution in [0, 0.1) is 11.8 Å². The first kappa shape index (κ1) is 17.7. The predicted molar refractivity (Wildman–Crippen MR) is 93.9 cm³/mol. The first-order valence-corrected chi connectivity index (χ1v) is 9.24. The Balaban J connectivity index is 1.61. The number of rotatable bonds is 5. The second-order valence-corrected chi connectivity index (χ2v) is 6.93. The molecule has 0 aromatic carbocycles.